The maximum absolute atomic E-state index is 4.59. The van der Waals surface area contributed by atoms with Crippen molar-refractivity contribution in [1.82, 2.24) is 0 Å². The first-order chi connectivity index (χ1) is 2.93. The molecule has 0 saturated carbocycles. The molecule has 5 heteroatoms. The molecule has 0 aromatic rings. The van der Waals surface area contributed by atoms with Crippen LogP contribution in [0.2, 0.25) is 0 Å². The fourth-order valence-corrected chi connectivity index (χ4v) is 0.391. The van der Waals surface area contributed by atoms with Crippen molar-refractivity contribution in [2.24, 2.45) is 0 Å². The predicted octanol–water partition coefficient (Wildman–Crippen LogP) is 0.302. The highest BCUT2D eigenvalue weighted by Gasteiger charge is 2.29. The van der Waals surface area contributed by atoms with E-state index in [-0.39, 0.29) is 0 Å². The van der Waals surface area contributed by atoms with Crippen LogP contribution in [0.4, 0.5) is 0 Å². The van der Waals surface area contributed by atoms with Crippen molar-refractivity contribution in [3.63, 3.8) is 0 Å². The third kappa shape index (κ3) is 0.731. The Hall–Kier alpha value is 0.425. The third-order valence-corrected chi connectivity index (χ3v) is 0.786. The van der Waals surface area contributed by atoms with Crippen LogP contribution in [0.15, 0.2) is 0 Å². The highest BCUT2D eigenvalue weighted by atomic mass is 79.9. The summed E-state index contributed by atoms with van der Waals surface area (Å²) in [7, 11) is -0.468. The minimum atomic E-state index is -0.468. The van der Waals surface area contributed by atoms with Gasteiger partial charge in [-0.05, 0) is 0 Å². The molecule has 0 radical (unpaired) electrons. The van der Waals surface area contributed by atoms with Crippen LogP contribution in [-0.4, -0.2) is 14.1 Å². The summed E-state index contributed by atoms with van der Waals surface area (Å²) in [5, 5.41) is 0. The van der Waals surface area contributed by atoms with Gasteiger partial charge in [0.2, 0.25) is 0 Å². The van der Waals surface area contributed by atoms with E-state index in [0.717, 1.165) is 0 Å². The van der Waals surface area contributed by atoms with Crippen LogP contribution < -0.4 is 0 Å². The minimum absolute atomic E-state index is 0.344. The number of hydrogen-bond acceptors (Lipinski definition) is 3. The molecule has 0 atom stereocenters. The van der Waals surface area contributed by atoms with Crippen LogP contribution in [-0.2, 0) is 13.1 Å². The molecule has 1 heterocycles. The van der Waals surface area contributed by atoms with Gasteiger partial charge in [-0.2, -0.15) is 0 Å². The molecule has 0 aliphatic carbocycles. The van der Waals surface area contributed by atoms with Crippen molar-refractivity contribution in [1.29, 1.82) is 0 Å². The first-order valence-electron chi connectivity index (χ1n) is 1.44. The molecule has 1 fully saturated rings. The molecular formula is CH2BBrO3. The number of hydrogen-bond donors (Lipinski definition) is 0. The van der Waals surface area contributed by atoms with E-state index in [1.165, 1.54) is 0 Å². The van der Waals surface area contributed by atoms with Gasteiger partial charge in [-0.3, -0.25) is 0 Å². The van der Waals surface area contributed by atoms with Gasteiger partial charge in [0, 0.05) is 0 Å². The first kappa shape index (κ1) is 4.58. The largest absolute Gasteiger partial charge is 0.654 e. The summed E-state index contributed by atoms with van der Waals surface area (Å²) in [5.74, 6) is 0. The molecule has 1 aliphatic rings. The molecule has 1 saturated heterocycles. The molecule has 0 bridgehead atoms. The van der Waals surface area contributed by atoms with Crippen LogP contribution in [0.25, 0.3) is 0 Å². The lowest BCUT2D eigenvalue weighted by Gasteiger charge is -2.17. The number of rotatable bonds is 1. The Kier molecular flexibility index (Phi) is 1.47. The van der Waals surface area contributed by atoms with Crippen LogP contribution in [0.5, 0.6) is 0 Å². The summed E-state index contributed by atoms with van der Waals surface area (Å²) >= 11 is 2.68. The smallest absolute Gasteiger partial charge is 0.363 e. The topological polar surface area (TPSA) is 27.7 Å². The van der Waals surface area contributed by atoms with Crippen molar-refractivity contribution < 1.29 is 13.1 Å². The van der Waals surface area contributed by atoms with E-state index in [1.54, 1.807) is 0 Å². The molecule has 0 aromatic carbocycles. The van der Waals surface area contributed by atoms with Crippen molar-refractivity contribution in [3.8, 4) is 0 Å². The molecule has 0 amide bonds. The summed E-state index contributed by atoms with van der Waals surface area (Å²) < 4.78 is 13.5. The lowest BCUT2D eigenvalue weighted by atomic mass is 10.2. The van der Waals surface area contributed by atoms with Gasteiger partial charge in [0.05, 0.1) is 16.3 Å². The molecule has 1 aliphatic heterocycles. The fraction of sp³-hybridized carbons (Fsp3) is 1.00. The summed E-state index contributed by atoms with van der Waals surface area (Å²) in [6.07, 6.45) is 0. The molecule has 34 valence electrons. The van der Waals surface area contributed by atoms with E-state index in [2.05, 4.69) is 29.3 Å². The predicted molar refractivity (Wildman–Crippen MR) is 22.8 cm³/mol. The Morgan fingerprint density at radius 2 is 2.33 bits per heavy atom. The van der Waals surface area contributed by atoms with E-state index in [0.29, 0.717) is 6.79 Å². The molecular weight excluding hydrogens is 151 g/mol. The van der Waals surface area contributed by atoms with Gasteiger partial charge >= 0.3 is 7.32 Å². The van der Waals surface area contributed by atoms with Crippen LogP contribution >= 0.6 is 16.3 Å². The van der Waals surface area contributed by atoms with Crippen LogP contribution in [0.1, 0.15) is 0 Å². The van der Waals surface area contributed by atoms with Gasteiger partial charge in [0.25, 0.3) is 0 Å². The fourth-order valence-electron chi connectivity index (χ4n) is 0.175. The van der Waals surface area contributed by atoms with Gasteiger partial charge in [-0.1, -0.05) is 0 Å². The summed E-state index contributed by atoms with van der Waals surface area (Å²) in [4.78, 5) is 0. The summed E-state index contributed by atoms with van der Waals surface area (Å²) in [6.45, 7) is 0.344. The Morgan fingerprint density at radius 3 is 2.33 bits per heavy atom. The zero-order chi connectivity index (χ0) is 4.41. The Morgan fingerprint density at radius 1 is 1.67 bits per heavy atom. The zero-order valence-electron chi connectivity index (χ0n) is 2.89. The average molecular weight is 153 g/mol. The SMILES string of the molecule is BrOB1OCO1. The van der Waals surface area contributed by atoms with Gasteiger partial charge in [-0.25, -0.2) is 0 Å². The second kappa shape index (κ2) is 1.93. The lowest BCUT2D eigenvalue weighted by Crippen LogP contribution is -2.36. The quantitative estimate of drug-likeness (QED) is 0.506. The van der Waals surface area contributed by atoms with Gasteiger partial charge in [-0.15, -0.1) is 0 Å². The molecule has 0 aromatic heterocycles. The lowest BCUT2D eigenvalue weighted by molar-refractivity contribution is -0.0437. The molecule has 1 rings (SSSR count). The van der Waals surface area contributed by atoms with Crippen LogP contribution in [0.3, 0.4) is 0 Å². The highest BCUT2D eigenvalue weighted by Crippen LogP contribution is 2.05. The highest BCUT2D eigenvalue weighted by molar-refractivity contribution is 9.06. The molecule has 6 heavy (non-hydrogen) atoms. The Balaban J connectivity index is 2.01. The third-order valence-electron chi connectivity index (χ3n) is 0.481. The normalized spacial score (nSPS) is 20.5. The second-order valence-corrected chi connectivity index (χ2v) is 1.20. The molecule has 3 nitrogen and oxygen atoms in total. The maximum Gasteiger partial charge on any atom is 0.654 e. The van der Waals surface area contributed by atoms with Crippen LogP contribution in [0, 0.1) is 0 Å². The second-order valence-electron chi connectivity index (χ2n) is 0.829. The van der Waals surface area contributed by atoms with E-state index in [9.17, 15) is 0 Å². The van der Waals surface area contributed by atoms with E-state index in [1.807, 2.05) is 0 Å². The Labute approximate surface area is 44.2 Å². The zero-order valence-corrected chi connectivity index (χ0v) is 4.47. The standard InChI is InChI=1S/CH2BBrO3/c3-6-2-4-1-5-2/h1H2. The van der Waals surface area contributed by atoms with E-state index >= 15 is 0 Å². The van der Waals surface area contributed by atoms with Crippen molar-refractivity contribution >= 4 is 23.6 Å². The summed E-state index contributed by atoms with van der Waals surface area (Å²) in [6, 6.07) is 0. The first-order valence-corrected chi connectivity index (χ1v) is 2.09. The van der Waals surface area contributed by atoms with E-state index < -0.39 is 7.32 Å². The van der Waals surface area contributed by atoms with Crippen molar-refractivity contribution in [2.75, 3.05) is 6.79 Å². The minimum Gasteiger partial charge on any atom is -0.363 e. The Bertz CT molecular complexity index is 43.3. The monoisotopic (exact) mass is 152 g/mol. The van der Waals surface area contributed by atoms with Gasteiger partial charge in [0.1, 0.15) is 6.79 Å². The van der Waals surface area contributed by atoms with Gasteiger partial charge < -0.3 is 13.1 Å². The molecule has 0 N–H and O–H groups in total. The molecule has 0 unspecified atom stereocenters. The number of halogens is 1. The average Bonchev–Trinajstić information content (AvgIpc) is 1.31. The van der Waals surface area contributed by atoms with Crippen molar-refractivity contribution in [2.45, 2.75) is 0 Å². The van der Waals surface area contributed by atoms with Crippen molar-refractivity contribution in [3.05, 3.63) is 0 Å². The maximum atomic E-state index is 4.59. The van der Waals surface area contributed by atoms with E-state index in [4.69, 9.17) is 0 Å². The molecule has 0 spiro atoms. The summed E-state index contributed by atoms with van der Waals surface area (Å²) in [5.41, 5.74) is 0. The van der Waals surface area contributed by atoms with Gasteiger partial charge in [0.15, 0.2) is 0 Å².